The van der Waals surface area contributed by atoms with E-state index in [1.165, 1.54) is 11.1 Å². The first kappa shape index (κ1) is 22.1. The molecule has 0 aromatic rings. The summed E-state index contributed by atoms with van der Waals surface area (Å²) < 4.78 is 6.89. The van der Waals surface area contributed by atoms with Crippen molar-refractivity contribution in [3.8, 4) is 0 Å². The summed E-state index contributed by atoms with van der Waals surface area (Å²) in [6, 6.07) is 0. The van der Waals surface area contributed by atoms with Crippen molar-refractivity contribution in [3.05, 3.63) is 46.7 Å². The highest BCUT2D eigenvalue weighted by molar-refractivity contribution is 6.84. The first-order valence-electron chi connectivity index (χ1n) is 9.66. The molecule has 1 rings (SSSR count). The molecule has 2 nitrogen and oxygen atoms in total. The molecule has 0 aromatic carbocycles. The van der Waals surface area contributed by atoms with Gasteiger partial charge in [0, 0.05) is 5.92 Å². The fourth-order valence-electron chi connectivity index (χ4n) is 4.10. The van der Waals surface area contributed by atoms with Crippen LogP contribution in [0.2, 0.25) is 11.1 Å². The molecule has 1 aliphatic rings. The van der Waals surface area contributed by atoms with Crippen molar-refractivity contribution in [2.45, 2.75) is 79.0 Å². The van der Waals surface area contributed by atoms with E-state index in [1.54, 1.807) is 5.20 Å². The zero-order valence-corrected chi connectivity index (χ0v) is 18.5. The topological polar surface area (TPSA) is 29.5 Å². The van der Waals surface area contributed by atoms with Gasteiger partial charge in [-0.2, -0.15) is 0 Å². The van der Waals surface area contributed by atoms with E-state index in [2.05, 4.69) is 79.7 Å². The third-order valence-electron chi connectivity index (χ3n) is 5.63. The molecule has 1 fully saturated rings. The van der Waals surface area contributed by atoms with Crippen molar-refractivity contribution < 1.29 is 9.53 Å². The lowest BCUT2D eigenvalue weighted by Crippen LogP contribution is -2.44. The number of hydrogen-bond acceptors (Lipinski definition) is 2. The summed E-state index contributed by atoms with van der Waals surface area (Å²) in [6.07, 6.45) is 11.9. The summed E-state index contributed by atoms with van der Waals surface area (Å²) in [4.78, 5) is 0. The van der Waals surface area contributed by atoms with Crippen LogP contribution in [0.3, 0.4) is 0 Å². The normalized spacial score (nSPS) is 26.6. The van der Waals surface area contributed by atoms with Crippen molar-refractivity contribution in [1.82, 2.24) is 0 Å². The molecule has 0 aliphatic carbocycles. The van der Waals surface area contributed by atoms with E-state index in [0.717, 1.165) is 6.42 Å². The van der Waals surface area contributed by atoms with Crippen LogP contribution >= 0.6 is 0 Å². The van der Waals surface area contributed by atoms with Gasteiger partial charge in [-0.15, -0.1) is 0 Å². The molecule has 3 heteroatoms. The molecule has 1 aliphatic heterocycles. The molecule has 0 aromatic heterocycles. The van der Waals surface area contributed by atoms with Crippen LogP contribution in [0.4, 0.5) is 0 Å². The van der Waals surface area contributed by atoms with Crippen molar-refractivity contribution in [3.63, 3.8) is 0 Å². The highest BCUT2D eigenvalue weighted by Gasteiger charge is 2.55. The first-order chi connectivity index (χ1) is 11.7. The minimum atomic E-state index is -2.00. The van der Waals surface area contributed by atoms with Crippen LogP contribution in [0.5, 0.6) is 0 Å². The van der Waals surface area contributed by atoms with Crippen LogP contribution in [0, 0.1) is 5.92 Å². The van der Waals surface area contributed by atoms with E-state index in [-0.39, 0.29) is 12.7 Å². The zero-order valence-electron chi connectivity index (χ0n) is 17.5. The molecule has 1 heterocycles. The highest BCUT2D eigenvalue weighted by atomic mass is 28.4. The molecule has 142 valence electrons. The smallest absolute Gasteiger partial charge is 0.226 e. The lowest BCUT2D eigenvalue weighted by molar-refractivity contribution is 0.215. The summed E-state index contributed by atoms with van der Waals surface area (Å²) >= 11 is 0. The fraction of sp³-hybridized carbons (Fsp3) is 0.636. The van der Waals surface area contributed by atoms with E-state index < -0.39 is 8.32 Å². The lowest BCUT2D eigenvalue weighted by Gasteiger charge is -2.36. The van der Waals surface area contributed by atoms with Gasteiger partial charge in [-0.1, -0.05) is 70.6 Å². The zero-order chi connectivity index (χ0) is 19.2. The maximum Gasteiger partial charge on any atom is 0.226 e. The maximum atomic E-state index is 8.97. The van der Waals surface area contributed by atoms with Crippen LogP contribution in [-0.4, -0.2) is 26.1 Å². The summed E-state index contributed by atoms with van der Waals surface area (Å²) in [5, 5.41) is 10.5. The first-order valence-corrected chi connectivity index (χ1v) is 11.7. The summed E-state index contributed by atoms with van der Waals surface area (Å²) in [5.74, 6) is 0.436. The van der Waals surface area contributed by atoms with Crippen LogP contribution in [0.15, 0.2) is 46.7 Å². The Morgan fingerprint density at radius 1 is 1.20 bits per heavy atom. The Kier molecular flexibility index (Phi) is 8.59. The molecule has 0 saturated carbocycles. The largest absolute Gasteiger partial charge is 0.405 e. The van der Waals surface area contributed by atoms with E-state index >= 15 is 0 Å². The van der Waals surface area contributed by atoms with Crippen molar-refractivity contribution >= 4 is 8.32 Å². The third kappa shape index (κ3) is 4.84. The monoisotopic (exact) mass is 362 g/mol. The Hall–Kier alpha value is -0.903. The lowest BCUT2D eigenvalue weighted by atomic mass is 9.97. The molecule has 1 saturated heterocycles. The van der Waals surface area contributed by atoms with Gasteiger partial charge in [0.1, 0.15) is 0 Å². The Morgan fingerprint density at radius 2 is 1.80 bits per heavy atom. The minimum Gasteiger partial charge on any atom is -0.405 e. The van der Waals surface area contributed by atoms with Gasteiger partial charge in [0.25, 0.3) is 0 Å². The van der Waals surface area contributed by atoms with Gasteiger partial charge in [0.2, 0.25) is 8.32 Å². The predicted molar refractivity (Wildman–Crippen MR) is 112 cm³/mol. The molecule has 0 bridgehead atoms. The quantitative estimate of drug-likeness (QED) is 0.438. The van der Waals surface area contributed by atoms with Crippen molar-refractivity contribution in [1.29, 1.82) is 0 Å². The minimum absolute atomic E-state index is 0.118. The molecule has 0 spiro atoms. The third-order valence-corrected chi connectivity index (χ3v) is 11.2. The number of allylic oxidation sites excluding steroid dienone is 5. The average Bonchev–Trinajstić information content (AvgIpc) is 2.85. The van der Waals surface area contributed by atoms with Gasteiger partial charge in [0.15, 0.2) is 0 Å². The van der Waals surface area contributed by atoms with Gasteiger partial charge >= 0.3 is 0 Å². The van der Waals surface area contributed by atoms with E-state index in [1.807, 2.05) is 6.08 Å². The van der Waals surface area contributed by atoms with Gasteiger partial charge in [-0.25, -0.2) is 0 Å². The van der Waals surface area contributed by atoms with Gasteiger partial charge in [-0.05, 0) is 49.0 Å². The second kappa shape index (κ2) is 9.70. The number of hydrogen-bond donors (Lipinski definition) is 1. The number of aliphatic hydroxyl groups excluding tert-OH is 1. The average molecular weight is 363 g/mol. The molecule has 0 radical (unpaired) electrons. The predicted octanol–water partition coefficient (Wildman–Crippen LogP) is 6.10. The Bertz CT molecular complexity index is 544. The van der Waals surface area contributed by atoms with Crippen LogP contribution in [-0.2, 0) is 4.43 Å². The van der Waals surface area contributed by atoms with Crippen LogP contribution in [0.25, 0.3) is 0 Å². The highest BCUT2D eigenvalue weighted by Crippen LogP contribution is 2.50. The second-order valence-corrected chi connectivity index (χ2v) is 12.7. The summed E-state index contributed by atoms with van der Waals surface area (Å²) in [5.41, 5.74) is 3.66. The molecular formula is C22H38O2Si. The van der Waals surface area contributed by atoms with E-state index in [9.17, 15) is 0 Å². The molecule has 2 atom stereocenters. The van der Waals surface area contributed by atoms with Crippen LogP contribution < -0.4 is 0 Å². The standard InChI is InChI=1S/C22H38O2Si/c1-9-19(7)22-20(8)21(13-11-10-12-18(6)14-15-23)25(24-22,16(2)3)17(4)5/h9-11,13-14,16-17,20,22-23H,12,15H2,1-8H3/b11-10+,18-14+,19-9+,21-13+/t20-,22+/m1/s1. The van der Waals surface area contributed by atoms with E-state index in [4.69, 9.17) is 9.53 Å². The van der Waals surface area contributed by atoms with Gasteiger partial charge in [0.05, 0.1) is 12.7 Å². The van der Waals surface area contributed by atoms with Gasteiger partial charge < -0.3 is 9.53 Å². The van der Waals surface area contributed by atoms with Gasteiger partial charge in [-0.3, -0.25) is 0 Å². The molecule has 25 heavy (non-hydrogen) atoms. The van der Waals surface area contributed by atoms with Crippen molar-refractivity contribution in [2.24, 2.45) is 5.92 Å². The second-order valence-electron chi connectivity index (χ2n) is 7.95. The van der Waals surface area contributed by atoms with E-state index in [0.29, 0.717) is 17.0 Å². The SMILES string of the molecule is C/C=C(\C)[C@@H]1O[Si](C(C)C)(C(C)C)/C(=C/C=C/C/C(C)=C/CO)[C@H]1C. The Balaban J connectivity index is 3.22. The maximum absolute atomic E-state index is 8.97. The summed E-state index contributed by atoms with van der Waals surface area (Å²) in [7, 11) is -2.00. The molecule has 0 amide bonds. The Morgan fingerprint density at radius 3 is 2.28 bits per heavy atom. The molecular weight excluding hydrogens is 324 g/mol. The van der Waals surface area contributed by atoms with Crippen molar-refractivity contribution in [2.75, 3.05) is 6.61 Å². The number of rotatable bonds is 7. The molecule has 1 N–H and O–H groups in total. The summed E-state index contributed by atoms with van der Waals surface area (Å²) in [6.45, 7) is 18.1. The number of aliphatic hydroxyl groups is 1. The molecule has 0 unspecified atom stereocenters. The Labute approximate surface area is 156 Å². The van der Waals surface area contributed by atoms with Crippen LogP contribution in [0.1, 0.15) is 61.8 Å². The fourth-order valence-corrected chi connectivity index (χ4v) is 9.48.